The number of aromatic nitrogens is 4. The predicted molar refractivity (Wildman–Crippen MR) is 165 cm³/mol. The largest absolute Gasteiger partial charge is 0.399 e. The molecule has 2 aromatic heterocycles. The zero-order valence-electron chi connectivity index (χ0n) is 24.7. The van der Waals surface area contributed by atoms with E-state index in [4.69, 9.17) is 10.7 Å². The average Bonchev–Trinajstić information content (AvgIpc) is 3.31. The smallest absolute Gasteiger partial charge is 0.333 e. The number of hydrogen-bond donors (Lipinski definition) is 2. The van der Waals surface area contributed by atoms with Gasteiger partial charge in [0.25, 0.3) is 5.56 Å². The first kappa shape index (κ1) is 30.1. The fourth-order valence-corrected chi connectivity index (χ4v) is 5.30. The summed E-state index contributed by atoms with van der Waals surface area (Å²) < 4.78 is 4.88. The lowest BCUT2D eigenvalue weighted by Crippen LogP contribution is -2.45. The highest BCUT2D eigenvalue weighted by Crippen LogP contribution is 2.19. The minimum atomic E-state index is -0.353. The lowest BCUT2D eigenvalue weighted by Gasteiger charge is -2.26. The molecular formula is C31H43N7O3. The van der Waals surface area contributed by atoms with Gasteiger partial charge >= 0.3 is 5.69 Å². The molecule has 220 valence electrons. The summed E-state index contributed by atoms with van der Waals surface area (Å²) in [5, 5.41) is 11.8. The van der Waals surface area contributed by atoms with Gasteiger partial charge in [-0.1, -0.05) is 42.5 Å². The summed E-state index contributed by atoms with van der Waals surface area (Å²) in [4.78, 5) is 35.3. The zero-order valence-corrected chi connectivity index (χ0v) is 24.7. The third kappa shape index (κ3) is 6.89. The van der Waals surface area contributed by atoms with E-state index in [-0.39, 0.29) is 23.9 Å². The number of aryl methyl sites for hydroxylation is 2. The number of likely N-dealkylation sites (N-methyl/N-ethyl adjacent to an activating group) is 1. The second-order valence-electron chi connectivity index (χ2n) is 10.8. The zero-order chi connectivity index (χ0) is 29.5. The summed E-state index contributed by atoms with van der Waals surface area (Å²) in [6, 6.07) is 17.3. The third-order valence-corrected chi connectivity index (χ3v) is 7.50. The first-order chi connectivity index (χ1) is 19.7. The van der Waals surface area contributed by atoms with Crippen molar-refractivity contribution in [2.75, 3.05) is 51.1 Å². The van der Waals surface area contributed by atoms with Crippen LogP contribution in [0.15, 0.2) is 64.2 Å². The standard InChI is InChI=1S/C31H43N7O3/c1-5-35(20-21-39)38-27(22-25-11-7-6-8-12-25)33-29-28(38)30(40)37(23(2)10-9-18-34(3)4)31(41)36(29)19-17-24-13-15-26(32)16-14-24/h6-8,11-16,23,39H,5,9-10,17-22,32H2,1-4H3. The number of aliphatic hydroxyl groups is 1. The van der Waals surface area contributed by atoms with Gasteiger partial charge in [-0.05, 0) is 77.0 Å². The number of nitrogens with two attached hydrogens (primary N) is 1. The summed E-state index contributed by atoms with van der Waals surface area (Å²) in [5.41, 5.74) is 8.67. The lowest BCUT2D eigenvalue weighted by atomic mass is 10.1. The topological polar surface area (TPSA) is 115 Å². The molecule has 0 radical (unpaired) electrons. The van der Waals surface area contributed by atoms with Gasteiger partial charge in [0.1, 0.15) is 5.82 Å². The van der Waals surface area contributed by atoms with Crippen molar-refractivity contribution in [3.05, 3.63) is 92.4 Å². The Bertz CT molecular complexity index is 1540. The maximum absolute atomic E-state index is 14.2. The van der Waals surface area contributed by atoms with Crippen molar-refractivity contribution in [2.45, 2.75) is 52.1 Å². The molecule has 0 saturated heterocycles. The Labute approximate surface area is 241 Å². The van der Waals surface area contributed by atoms with E-state index in [0.717, 1.165) is 24.1 Å². The summed E-state index contributed by atoms with van der Waals surface area (Å²) >= 11 is 0. The monoisotopic (exact) mass is 561 g/mol. The first-order valence-corrected chi connectivity index (χ1v) is 14.4. The molecule has 0 amide bonds. The van der Waals surface area contributed by atoms with Crippen LogP contribution in [0, 0.1) is 0 Å². The summed E-state index contributed by atoms with van der Waals surface area (Å²) in [6.07, 6.45) is 2.60. The van der Waals surface area contributed by atoms with Gasteiger partial charge in [-0.3, -0.25) is 13.9 Å². The van der Waals surface area contributed by atoms with Gasteiger partial charge in [0.05, 0.1) is 13.2 Å². The molecule has 0 spiro atoms. The molecule has 10 heteroatoms. The van der Waals surface area contributed by atoms with Gasteiger partial charge in [0, 0.05) is 31.2 Å². The van der Waals surface area contributed by atoms with E-state index >= 15 is 0 Å². The molecule has 3 N–H and O–H groups in total. The molecule has 10 nitrogen and oxygen atoms in total. The van der Waals surface area contributed by atoms with Crippen molar-refractivity contribution in [2.24, 2.45) is 0 Å². The Morgan fingerprint density at radius 3 is 2.34 bits per heavy atom. The minimum Gasteiger partial charge on any atom is -0.399 e. The first-order valence-electron chi connectivity index (χ1n) is 14.4. The predicted octanol–water partition coefficient (Wildman–Crippen LogP) is 2.63. The molecule has 1 unspecified atom stereocenters. The Kier molecular flexibility index (Phi) is 10.0. The van der Waals surface area contributed by atoms with Gasteiger partial charge in [0.15, 0.2) is 11.2 Å². The second kappa shape index (κ2) is 13.6. The number of nitrogens with zero attached hydrogens (tertiary/aromatic N) is 6. The van der Waals surface area contributed by atoms with Crippen molar-refractivity contribution in [3.63, 3.8) is 0 Å². The Morgan fingerprint density at radius 2 is 1.71 bits per heavy atom. The highest BCUT2D eigenvalue weighted by Gasteiger charge is 2.26. The van der Waals surface area contributed by atoms with Crippen LogP contribution in [0.2, 0.25) is 0 Å². The fraction of sp³-hybridized carbons (Fsp3) is 0.452. The van der Waals surface area contributed by atoms with Gasteiger partial charge in [-0.25, -0.2) is 14.5 Å². The molecule has 4 rings (SSSR count). The van der Waals surface area contributed by atoms with Crippen molar-refractivity contribution in [1.82, 2.24) is 23.7 Å². The number of hydrogen-bond acceptors (Lipinski definition) is 7. The van der Waals surface area contributed by atoms with Gasteiger partial charge in [0.2, 0.25) is 0 Å². The van der Waals surface area contributed by atoms with Gasteiger partial charge < -0.3 is 20.7 Å². The highest BCUT2D eigenvalue weighted by molar-refractivity contribution is 5.72. The van der Waals surface area contributed by atoms with Crippen molar-refractivity contribution in [3.8, 4) is 0 Å². The summed E-state index contributed by atoms with van der Waals surface area (Å²) in [6.45, 7) is 5.94. The van der Waals surface area contributed by atoms with Gasteiger partial charge in [-0.15, -0.1) is 0 Å². The quantitative estimate of drug-likeness (QED) is 0.228. The SMILES string of the molecule is CCN(CCO)n1c(Cc2ccccc2)nc2c1c(=O)n(C(C)CCCN(C)C)c(=O)n2CCc1ccc(N)cc1. The van der Waals surface area contributed by atoms with Crippen LogP contribution in [0.3, 0.4) is 0 Å². The van der Waals surface area contributed by atoms with E-state index in [0.29, 0.717) is 61.6 Å². The summed E-state index contributed by atoms with van der Waals surface area (Å²) in [7, 11) is 4.03. The van der Waals surface area contributed by atoms with Gasteiger partial charge in [-0.2, -0.15) is 0 Å². The summed E-state index contributed by atoms with van der Waals surface area (Å²) in [5.74, 6) is 0.650. The number of fused-ring (bicyclic) bond motifs is 1. The molecule has 0 bridgehead atoms. The highest BCUT2D eigenvalue weighted by atomic mass is 16.3. The molecule has 0 aliphatic carbocycles. The molecule has 0 aliphatic rings. The molecular weight excluding hydrogens is 518 g/mol. The number of anilines is 1. The van der Waals surface area contributed by atoms with E-state index in [1.165, 1.54) is 4.57 Å². The van der Waals surface area contributed by atoms with E-state index in [1.807, 2.05) is 92.2 Å². The van der Waals surface area contributed by atoms with Crippen LogP contribution in [0.1, 0.15) is 49.7 Å². The van der Waals surface area contributed by atoms with Crippen molar-refractivity contribution >= 4 is 16.9 Å². The molecule has 2 aromatic carbocycles. The molecule has 41 heavy (non-hydrogen) atoms. The Morgan fingerprint density at radius 1 is 1.00 bits per heavy atom. The third-order valence-electron chi connectivity index (χ3n) is 7.50. The van der Waals surface area contributed by atoms with Crippen LogP contribution in [0.25, 0.3) is 11.2 Å². The van der Waals surface area contributed by atoms with Crippen molar-refractivity contribution < 1.29 is 5.11 Å². The number of nitrogen functional groups attached to an aromatic ring is 1. The van der Waals surface area contributed by atoms with E-state index in [9.17, 15) is 14.7 Å². The van der Waals surface area contributed by atoms with Crippen LogP contribution in [-0.2, 0) is 19.4 Å². The number of benzene rings is 2. The minimum absolute atomic E-state index is 0.0792. The molecule has 0 aliphatic heterocycles. The van der Waals surface area contributed by atoms with E-state index < -0.39 is 0 Å². The molecule has 2 heterocycles. The number of rotatable bonds is 14. The second-order valence-corrected chi connectivity index (χ2v) is 10.8. The normalized spacial score (nSPS) is 12.3. The maximum atomic E-state index is 14.2. The van der Waals surface area contributed by atoms with Crippen LogP contribution in [-0.4, -0.2) is 69.1 Å². The van der Waals surface area contributed by atoms with Crippen LogP contribution in [0.5, 0.6) is 0 Å². The molecule has 4 aromatic rings. The molecule has 0 saturated carbocycles. The Balaban J connectivity index is 1.93. The van der Waals surface area contributed by atoms with Crippen LogP contribution < -0.4 is 22.0 Å². The van der Waals surface area contributed by atoms with Crippen LogP contribution >= 0.6 is 0 Å². The van der Waals surface area contributed by atoms with Crippen molar-refractivity contribution in [1.29, 1.82) is 0 Å². The molecule has 1 atom stereocenters. The lowest BCUT2D eigenvalue weighted by molar-refractivity contribution is 0.292. The fourth-order valence-electron chi connectivity index (χ4n) is 5.30. The number of imidazole rings is 1. The van der Waals surface area contributed by atoms with E-state index in [1.54, 1.807) is 4.57 Å². The Hall–Kier alpha value is -3.89. The van der Waals surface area contributed by atoms with Crippen LogP contribution in [0.4, 0.5) is 5.69 Å². The average molecular weight is 562 g/mol. The maximum Gasteiger partial charge on any atom is 0.333 e. The van der Waals surface area contributed by atoms with E-state index in [2.05, 4.69) is 4.90 Å². The molecule has 0 fully saturated rings. The number of aliphatic hydroxyl groups excluding tert-OH is 1.